The molecular weight excluding hydrogens is 290 g/mol. The van der Waals surface area contributed by atoms with Crippen molar-refractivity contribution in [1.82, 2.24) is 0 Å². The third-order valence-electron chi connectivity index (χ3n) is 2.91. The first-order valence-corrected chi connectivity index (χ1v) is 6.58. The highest BCUT2D eigenvalue weighted by molar-refractivity contribution is 9.10. The standard InChI is InChI=1S/C15H12BrNO/c1-10-2-7-14-12(8-10)9-18-15(17-14)11-3-5-13(16)6-4-11/h2-8H,9H2,1H3. The topological polar surface area (TPSA) is 21.6 Å². The Kier molecular flexibility index (Phi) is 2.92. The molecule has 0 bridgehead atoms. The lowest BCUT2D eigenvalue weighted by molar-refractivity contribution is 0.288. The van der Waals surface area contributed by atoms with E-state index in [0.717, 1.165) is 21.3 Å². The molecule has 2 aromatic carbocycles. The second kappa shape index (κ2) is 4.58. The van der Waals surface area contributed by atoms with Crippen molar-refractivity contribution in [3.8, 4) is 0 Å². The fraction of sp³-hybridized carbons (Fsp3) is 0.133. The van der Waals surface area contributed by atoms with E-state index in [9.17, 15) is 0 Å². The molecule has 3 rings (SSSR count). The van der Waals surface area contributed by atoms with Crippen LogP contribution in [0.4, 0.5) is 5.69 Å². The van der Waals surface area contributed by atoms with Crippen LogP contribution in [0.3, 0.4) is 0 Å². The van der Waals surface area contributed by atoms with Crippen molar-refractivity contribution >= 4 is 27.5 Å². The van der Waals surface area contributed by atoms with E-state index in [-0.39, 0.29) is 0 Å². The highest BCUT2D eigenvalue weighted by atomic mass is 79.9. The summed E-state index contributed by atoms with van der Waals surface area (Å²) in [6.45, 7) is 2.67. The van der Waals surface area contributed by atoms with Gasteiger partial charge in [0.05, 0.1) is 5.69 Å². The average molecular weight is 302 g/mol. The van der Waals surface area contributed by atoms with Crippen LogP contribution in [0.25, 0.3) is 0 Å². The third kappa shape index (κ3) is 2.18. The van der Waals surface area contributed by atoms with Crippen molar-refractivity contribution in [3.05, 3.63) is 63.6 Å². The van der Waals surface area contributed by atoms with Gasteiger partial charge in [-0.2, -0.15) is 0 Å². The highest BCUT2D eigenvalue weighted by Crippen LogP contribution is 2.27. The second-order valence-electron chi connectivity index (χ2n) is 4.34. The zero-order valence-corrected chi connectivity index (χ0v) is 11.6. The zero-order chi connectivity index (χ0) is 12.5. The number of aliphatic imine (C=N–C) groups is 1. The first-order chi connectivity index (χ1) is 8.72. The molecule has 3 heteroatoms. The molecule has 0 unspecified atom stereocenters. The Morgan fingerprint density at radius 3 is 2.67 bits per heavy atom. The minimum atomic E-state index is 0.589. The fourth-order valence-electron chi connectivity index (χ4n) is 1.97. The number of aryl methyl sites for hydroxylation is 1. The van der Waals surface area contributed by atoms with Crippen LogP contribution in [0.15, 0.2) is 51.9 Å². The van der Waals surface area contributed by atoms with Crippen LogP contribution in [0.1, 0.15) is 16.7 Å². The van der Waals surface area contributed by atoms with Gasteiger partial charge in [0.25, 0.3) is 0 Å². The molecule has 2 aromatic rings. The molecule has 90 valence electrons. The number of benzene rings is 2. The molecule has 1 aliphatic rings. The molecule has 2 nitrogen and oxygen atoms in total. The van der Waals surface area contributed by atoms with Gasteiger partial charge in [-0.3, -0.25) is 0 Å². The normalized spacial score (nSPS) is 13.6. The van der Waals surface area contributed by atoms with Gasteiger partial charge in [-0.25, -0.2) is 4.99 Å². The Morgan fingerprint density at radius 2 is 1.89 bits per heavy atom. The number of ether oxygens (including phenoxy) is 1. The monoisotopic (exact) mass is 301 g/mol. The van der Waals surface area contributed by atoms with Crippen LogP contribution in [-0.4, -0.2) is 5.90 Å². The lowest BCUT2D eigenvalue weighted by Crippen LogP contribution is -2.11. The van der Waals surface area contributed by atoms with Crippen LogP contribution in [-0.2, 0) is 11.3 Å². The first kappa shape index (κ1) is 11.5. The summed E-state index contributed by atoms with van der Waals surface area (Å²) in [5, 5.41) is 0. The van der Waals surface area contributed by atoms with E-state index >= 15 is 0 Å². The molecule has 0 spiro atoms. The van der Waals surface area contributed by atoms with Crippen molar-refractivity contribution in [2.45, 2.75) is 13.5 Å². The Hall–Kier alpha value is -1.61. The van der Waals surface area contributed by atoms with Crippen LogP contribution < -0.4 is 0 Å². The van der Waals surface area contributed by atoms with Crippen LogP contribution >= 0.6 is 15.9 Å². The predicted octanol–water partition coefficient (Wildman–Crippen LogP) is 4.37. The summed E-state index contributed by atoms with van der Waals surface area (Å²) in [4.78, 5) is 4.57. The molecule has 0 N–H and O–H groups in total. The predicted molar refractivity (Wildman–Crippen MR) is 76.3 cm³/mol. The third-order valence-corrected chi connectivity index (χ3v) is 3.44. The fourth-order valence-corrected chi connectivity index (χ4v) is 2.23. The minimum absolute atomic E-state index is 0.589. The van der Waals surface area contributed by atoms with E-state index in [4.69, 9.17) is 4.74 Å². The molecule has 1 heterocycles. The van der Waals surface area contributed by atoms with Crippen molar-refractivity contribution in [3.63, 3.8) is 0 Å². The van der Waals surface area contributed by atoms with E-state index in [2.05, 4.69) is 40.0 Å². The maximum atomic E-state index is 5.72. The number of hydrogen-bond acceptors (Lipinski definition) is 2. The van der Waals surface area contributed by atoms with Gasteiger partial charge >= 0.3 is 0 Å². The van der Waals surface area contributed by atoms with Crippen molar-refractivity contribution in [2.24, 2.45) is 4.99 Å². The summed E-state index contributed by atoms with van der Waals surface area (Å²) in [5.74, 6) is 0.693. The van der Waals surface area contributed by atoms with Gasteiger partial charge in [-0.15, -0.1) is 0 Å². The lowest BCUT2D eigenvalue weighted by atomic mass is 10.1. The Balaban J connectivity index is 2.00. The Morgan fingerprint density at radius 1 is 1.11 bits per heavy atom. The van der Waals surface area contributed by atoms with Crippen molar-refractivity contribution in [2.75, 3.05) is 0 Å². The molecule has 0 saturated heterocycles. The number of halogens is 1. The van der Waals surface area contributed by atoms with Gasteiger partial charge in [0.2, 0.25) is 5.90 Å². The highest BCUT2D eigenvalue weighted by Gasteiger charge is 2.14. The SMILES string of the molecule is Cc1ccc2c(c1)COC(c1ccc(Br)cc1)=N2. The molecule has 0 aromatic heterocycles. The molecule has 0 saturated carbocycles. The second-order valence-corrected chi connectivity index (χ2v) is 5.26. The van der Waals surface area contributed by atoms with E-state index in [1.807, 2.05) is 30.3 Å². The van der Waals surface area contributed by atoms with Gasteiger partial charge in [0, 0.05) is 15.6 Å². The van der Waals surface area contributed by atoms with E-state index in [1.165, 1.54) is 5.56 Å². The number of fused-ring (bicyclic) bond motifs is 1. The Labute approximate surface area is 114 Å². The molecule has 0 atom stereocenters. The quantitative estimate of drug-likeness (QED) is 0.766. The summed E-state index contributed by atoms with van der Waals surface area (Å²) in [6, 6.07) is 14.2. The van der Waals surface area contributed by atoms with Gasteiger partial charge < -0.3 is 4.74 Å². The summed E-state index contributed by atoms with van der Waals surface area (Å²) in [6.07, 6.45) is 0. The van der Waals surface area contributed by atoms with Gasteiger partial charge in [-0.1, -0.05) is 33.6 Å². The maximum absolute atomic E-state index is 5.72. The van der Waals surface area contributed by atoms with Gasteiger partial charge in [0.1, 0.15) is 6.61 Å². The Bertz CT molecular complexity index is 617. The van der Waals surface area contributed by atoms with Crippen LogP contribution in [0.5, 0.6) is 0 Å². The first-order valence-electron chi connectivity index (χ1n) is 5.79. The van der Waals surface area contributed by atoms with Crippen LogP contribution in [0, 0.1) is 6.92 Å². The number of rotatable bonds is 1. The molecule has 1 aliphatic heterocycles. The summed E-state index contributed by atoms with van der Waals surface area (Å²) >= 11 is 3.42. The minimum Gasteiger partial charge on any atom is -0.472 e. The molecule has 0 amide bonds. The van der Waals surface area contributed by atoms with Gasteiger partial charge in [0.15, 0.2) is 0 Å². The molecule has 0 aliphatic carbocycles. The largest absolute Gasteiger partial charge is 0.472 e. The maximum Gasteiger partial charge on any atom is 0.221 e. The molecule has 18 heavy (non-hydrogen) atoms. The summed E-state index contributed by atoms with van der Waals surface area (Å²) in [7, 11) is 0. The zero-order valence-electron chi connectivity index (χ0n) is 9.98. The van der Waals surface area contributed by atoms with E-state index < -0.39 is 0 Å². The van der Waals surface area contributed by atoms with E-state index in [1.54, 1.807) is 0 Å². The van der Waals surface area contributed by atoms with Crippen LogP contribution in [0.2, 0.25) is 0 Å². The average Bonchev–Trinajstić information content (AvgIpc) is 2.39. The van der Waals surface area contributed by atoms with Crippen molar-refractivity contribution in [1.29, 1.82) is 0 Å². The van der Waals surface area contributed by atoms with E-state index in [0.29, 0.717) is 12.5 Å². The molecule has 0 fully saturated rings. The summed E-state index contributed by atoms with van der Waals surface area (Å²) < 4.78 is 6.77. The molecule has 0 radical (unpaired) electrons. The molecular formula is C15H12BrNO. The summed E-state index contributed by atoms with van der Waals surface area (Å²) in [5.41, 5.74) is 4.39. The lowest BCUT2D eigenvalue weighted by Gasteiger charge is -2.17. The number of hydrogen-bond donors (Lipinski definition) is 0. The van der Waals surface area contributed by atoms with Gasteiger partial charge in [-0.05, 0) is 37.3 Å². The smallest absolute Gasteiger partial charge is 0.221 e. The van der Waals surface area contributed by atoms with Crippen molar-refractivity contribution < 1.29 is 4.74 Å². The number of nitrogens with zero attached hydrogens (tertiary/aromatic N) is 1.